The molecule has 0 unspecified atom stereocenters. The lowest BCUT2D eigenvalue weighted by atomic mass is 10.1. The minimum Gasteiger partial charge on any atom is -0.361 e. The Morgan fingerprint density at radius 2 is 2.00 bits per heavy atom. The summed E-state index contributed by atoms with van der Waals surface area (Å²) in [5.74, 6) is 0.0424. The van der Waals surface area contributed by atoms with Gasteiger partial charge in [-0.05, 0) is 17.7 Å². The monoisotopic (exact) mass is 198 g/mol. The van der Waals surface area contributed by atoms with Crippen molar-refractivity contribution in [1.82, 2.24) is 4.98 Å². The lowest BCUT2D eigenvalue weighted by Gasteiger charge is -2.05. The molecule has 3 heteroatoms. The maximum absolute atomic E-state index is 11.6. The molecule has 0 radical (unpaired) electrons. The number of H-pyrrole nitrogens is 1. The first-order valence-electron chi connectivity index (χ1n) is 4.90. The van der Waals surface area contributed by atoms with Crippen molar-refractivity contribution in [3.05, 3.63) is 42.1 Å². The summed E-state index contributed by atoms with van der Waals surface area (Å²) in [5.41, 5.74) is 4.04. The highest BCUT2D eigenvalue weighted by Gasteiger charge is 2.18. The minimum absolute atomic E-state index is 0.0424. The van der Waals surface area contributed by atoms with Gasteiger partial charge in [0.25, 0.3) is 0 Å². The molecular formula is C12H10N2O. The third-order valence-electron chi connectivity index (χ3n) is 2.65. The van der Waals surface area contributed by atoms with Crippen LogP contribution >= 0.6 is 0 Å². The van der Waals surface area contributed by atoms with Gasteiger partial charge in [0.1, 0.15) is 0 Å². The quantitative estimate of drug-likeness (QED) is 0.669. The Balaban J connectivity index is 2.29. The highest BCUT2D eigenvalue weighted by Crippen LogP contribution is 2.32. The predicted molar refractivity (Wildman–Crippen MR) is 58.6 cm³/mol. The molecule has 1 aromatic heterocycles. The second-order valence-corrected chi connectivity index (χ2v) is 3.65. The third-order valence-corrected chi connectivity index (χ3v) is 2.65. The van der Waals surface area contributed by atoms with E-state index in [2.05, 4.69) is 10.3 Å². The summed E-state index contributed by atoms with van der Waals surface area (Å²) in [5, 5.41) is 2.90. The average Bonchev–Trinajstić information content (AvgIpc) is 2.62. The van der Waals surface area contributed by atoms with Crippen molar-refractivity contribution < 1.29 is 4.79 Å². The van der Waals surface area contributed by atoms with Crippen molar-refractivity contribution in [3.63, 3.8) is 0 Å². The maximum Gasteiger partial charge on any atom is 0.228 e. The Hall–Kier alpha value is -2.03. The van der Waals surface area contributed by atoms with Crippen molar-refractivity contribution in [3.8, 4) is 11.3 Å². The van der Waals surface area contributed by atoms with E-state index < -0.39 is 0 Å². The molecule has 0 atom stereocenters. The second kappa shape index (κ2) is 2.98. The highest BCUT2D eigenvalue weighted by atomic mass is 16.1. The Labute approximate surface area is 87.1 Å². The predicted octanol–water partition coefficient (Wildman–Crippen LogP) is 2.18. The Bertz CT molecular complexity index is 528. The number of fused-ring (bicyclic) bond motifs is 3. The van der Waals surface area contributed by atoms with Gasteiger partial charge in [-0.15, -0.1) is 0 Å². The van der Waals surface area contributed by atoms with Gasteiger partial charge in [-0.25, -0.2) is 0 Å². The van der Waals surface area contributed by atoms with Gasteiger partial charge in [0.2, 0.25) is 5.91 Å². The molecule has 2 aromatic rings. The number of hydrogen-bond acceptors (Lipinski definition) is 1. The van der Waals surface area contributed by atoms with E-state index in [0.717, 1.165) is 22.5 Å². The van der Waals surface area contributed by atoms with Crippen LogP contribution in [0, 0.1) is 0 Å². The minimum atomic E-state index is 0.0424. The summed E-state index contributed by atoms with van der Waals surface area (Å²) >= 11 is 0. The van der Waals surface area contributed by atoms with Crippen LogP contribution in [0.15, 0.2) is 36.5 Å². The molecule has 0 fully saturated rings. The van der Waals surface area contributed by atoms with E-state index in [1.165, 1.54) is 0 Å². The average molecular weight is 198 g/mol. The molecule has 74 valence electrons. The molecule has 3 rings (SSSR count). The third kappa shape index (κ3) is 1.24. The van der Waals surface area contributed by atoms with Crippen LogP contribution in [0.4, 0.5) is 5.69 Å². The second-order valence-electron chi connectivity index (χ2n) is 3.65. The number of carbonyl (C=O) groups excluding carboxylic acids is 1. The molecule has 3 nitrogen and oxygen atoms in total. The molecule has 1 aliphatic heterocycles. The van der Waals surface area contributed by atoms with E-state index in [-0.39, 0.29) is 5.91 Å². The Morgan fingerprint density at radius 1 is 1.13 bits per heavy atom. The first-order valence-corrected chi connectivity index (χ1v) is 4.90. The normalized spacial score (nSPS) is 13.7. The van der Waals surface area contributed by atoms with Crippen molar-refractivity contribution in [2.45, 2.75) is 6.42 Å². The van der Waals surface area contributed by atoms with Crippen LogP contribution in [0.3, 0.4) is 0 Å². The van der Waals surface area contributed by atoms with Crippen LogP contribution in [-0.4, -0.2) is 10.9 Å². The lowest BCUT2D eigenvalue weighted by Crippen LogP contribution is -2.12. The smallest absolute Gasteiger partial charge is 0.228 e. The standard InChI is InChI=1S/C12H10N2O/c15-11-7-8-5-6-13-12(8)9-3-1-2-4-10(9)14-11/h1-6,13H,7H2,(H,14,15). The van der Waals surface area contributed by atoms with Gasteiger partial charge in [-0.1, -0.05) is 18.2 Å². The van der Waals surface area contributed by atoms with Crippen molar-refractivity contribution in [1.29, 1.82) is 0 Å². The molecular weight excluding hydrogens is 188 g/mol. The zero-order valence-corrected chi connectivity index (χ0v) is 8.08. The highest BCUT2D eigenvalue weighted by molar-refractivity contribution is 5.99. The van der Waals surface area contributed by atoms with Crippen LogP contribution < -0.4 is 5.32 Å². The van der Waals surface area contributed by atoms with Gasteiger partial charge in [0.05, 0.1) is 17.8 Å². The van der Waals surface area contributed by atoms with Gasteiger partial charge in [-0.3, -0.25) is 4.79 Å². The van der Waals surface area contributed by atoms with Gasteiger partial charge in [0.15, 0.2) is 0 Å². The summed E-state index contributed by atoms with van der Waals surface area (Å²) in [6, 6.07) is 9.78. The van der Waals surface area contributed by atoms with Crippen LogP contribution in [0.5, 0.6) is 0 Å². The summed E-state index contributed by atoms with van der Waals surface area (Å²) in [4.78, 5) is 14.8. The number of aromatic amines is 1. The summed E-state index contributed by atoms with van der Waals surface area (Å²) in [6.07, 6.45) is 2.31. The van der Waals surface area contributed by atoms with Crippen LogP contribution in [-0.2, 0) is 11.2 Å². The number of carbonyl (C=O) groups is 1. The molecule has 0 spiro atoms. The lowest BCUT2D eigenvalue weighted by molar-refractivity contribution is -0.115. The molecule has 0 aliphatic carbocycles. The van der Waals surface area contributed by atoms with Gasteiger partial charge in [-0.2, -0.15) is 0 Å². The summed E-state index contributed by atoms with van der Waals surface area (Å²) in [6.45, 7) is 0. The molecule has 15 heavy (non-hydrogen) atoms. The number of nitrogens with one attached hydrogen (secondary N) is 2. The van der Waals surface area contributed by atoms with Crippen LogP contribution in [0.25, 0.3) is 11.3 Å². The Morgan fingerprint density at radius 3 is 2.93 bits per heavy atom. The molecule has 1 aliphatic rings. The fourth-order valence-electron chi connectivity index (χ4n) is 1.98. The zero-order chi connectivity index (χ0) is 10.3. The number of rotatable bonds is 0. The summed E-state index contributed by atoms with van der Waals surface area (Å²) in [7, 11) is 0. The zero-order valence-electron chi connectivity index (χ0n) is 8.08. The molecule has 2 N–H and O–H groups in total. The first kappa shape index (κ1) is 8.29. The van der Waals surface area contributed by atoms with Gasteiger partial charge >= 0.3 is 0 Å². The molecule has 2 heterocycles. The van der Waals surface area contributed by atoms with Gasteiger partial charge in [0, 0.05) is 11.8 Å². The van der Waals surface area contributed by atoms with E-state index in [1.807, 2.05) is 36.5 Å². The van der Waals surface area contributed by atoms with E-state index in [1.54, 1.807) is 0 Å². The first-order chi connectivity index (χ1) is 7.34. The maximum atomic E-state index is 11.6. The number of anilines is 1. The molecule has 0 saturated carbocycles. The van der Waals surface area contributed by atoms with E-state index in [0.29, 0.717) is 6.42 Å². The molecule has 0 bridgehead atoms. The number of benzene rings is 1. The number of amides is 1. The molecule has 1 amide bonds. The number of hydrogen-bond donors (Lipinski definition) is 2. The fraction of sp³-hybridized carbons (Fsp3) is 0.0833. The number of para-hydroxylation sites is 1. The molecule has 0 saturated heterocycles. The Kier molecular flexibility index (Phi) is 1.65. The number of aromatic nitrogens is 1. The summed E-state index contributed by atoms with van der Waals surface area (Å²) < 4.78 is 0. The van der Waals surface area contributed by atoms with Crippen molar-refractivity contribution >= 4 is 11.6 Å². The molecule has 1 aromatic carbocycles. The van der Waals surface area contributed by atoms with Crippen LogP contribution in [0.2, 0.25) is 0 Å². The largest absolute Gasteiger partial charge is 0.361 e. The topological polar surface area (TPSA) is 44.9 Å². The SMILES string of the molecule is O=C1Cc2cc[nH]c2-c2ccccc2N1. The van der Waals surface area contributed by atoms with E-state index in [9.17, 15) is 4.79 Å². The van der Waals surface area contributed by atoms with Gasteiger partial charge < -0.3 is 10.3 Å². The van der Waals surface area contributed by atoms with Crippen molar-refractivity contribution in [2.24, 2.45) is 0 Å². The van der Waals surface area contributed by atoms with E-state index >= 15 is 0 Å². The fourth-order valence-corrected chi connectivity index (χ4v) is 1.98. The van der Waals surface area contributed by atoms with Crippen molar-refractivity contribution in [2.75, 3.05) is 5.32 Å². The van der Waals surface area contributed by atoms with Crippen LogP contribution in [0.1, 0.15) is 5.56 Å². The van der Waals surface area contributed by atoms with E-state index in [4.69, 9.17) is 0 Å².